The Morgan fingerprint density at radius 3 is 2.76 bits per heavy atom. The van der Waals surface area contributed by atoms with Gasteiger partial charge in [-0.25, -0.2) is 9.97 Å². The standard InChI is InChI=1S/C15H16N4OS/c1-11-13(15(20)19-5-7-21-8-6-19)10-17-14(18-11)12-3-2-4-16-9-12/h2-4,9-10H,5-8H2,1H3. The molecule has 1 saturated heterocycles. The maximum atomic E-state index is 12.5. The molecule has 0 saturated carbocycles. The molecule has 0 bridgehead atoms. The highest BCUT2D eigenvalue weighted by Gasteiger charge is 2.21. The predicted octanol–water partition coefficient (Wildman–Crippen LogP) is 2.04. The minimum atomic E-state index is 0.0329. The highest BCUT2D eigenvalue weighted by molar-refractivity contribution is 7.99. The molecule has 0 spiro atoms. The Morgan fingerprint density at radius 2 is 2.10 bits per heavy atom. The largest absolute Gasteiger partial charge is 0.337 e. The van der Waals surface area contributed by atoms with Gasteiger partial charge in [0.05, 0.1) is 11.3 Å². The monoisotopic (exact) mass is 300 g/mol. The molecule has 3 heterocycles. The van der Waals surface area contributed by atoms with E-state index in [0.717, 1.165) is 30.2 Å². The fourth-order valence-electron chi connectivity index (χ4n) is 2.25. The van der Waals surface area contributed by atoms with Crippen LogP contribution in [0.5, 0.6) is 0 Å². The summed E-state index contributed by atoms with van der Waals surface area (Å²) >= 11 is 1.88. The topological polar surface area (TPSA) is 59.0 Å². The fraction of sp³-hybridized carbons (Fsp3) is 0.333. The van der Waals surface area contributed by atoms with Crippen molar-refractivity contribution in [3.8, 4) is 11.4 Å². The number of amides is 1. The second kappa shape index (κ2) is 6.22. The van der Waals surface area contributed by atoms with Crippen LogP contribution in [0.4, 0.5) is 0 Å². The van der Waals surface area contributed by atoms with E-state index < -0.39 is 0 Å². The summed E-state index contributed by atoms with van der Waals surface area (Å²) < 4.78 is 0. The number of hydrogen-bond donors (Lipinski definition) is 0. The van der Waals surface area contributed by atoms with Crippen molar-refractivity contribution in [1.29, 1.82) is 0 Å². The first kappa shape index (κ1) is 14.0. The van der Waals surface area contributed by atoms with Gasteiger partial charge in [-0.3, -0.25) is 9.78 Å². The van der Waals surface area contributed by atoms with Gasteiger partial charge < -0.3 is 4.90 Å². The van der Waals surface area contributed by atoms with Crippen LogP contribution in [0, 0.1) is 6.92 Å². The smallest absolute Gasteiger partial charge is 0.257 e. The molecular formula is C15H16N4OS. The van der Waals surface area contributed by atoms with Gasteiger partial charge in [-0.15, -0.1) is 0 Å². The van der Waals surface area contributed by atoms with Crippen molar-refractivity contribution in [1.82, 2.24) is 19.9 Å². The van der Waals surface area contributed by atoms with Crippen LogP contribution < -0.4 is 0 Å². The highest BCUT2D eigenvalue weighted by Crippen LogP contribution is 2.17. The minimum Gasteiger partial charge on any atom is -0.337 e. The molecule has 6 heteroatoms. The van der Waals surface area contributed by atoms with Gasteiger partial charge >= 0.3 is 0 Å². The summed E-state index contributed by atoms with van der Waals surface area (Å²) in [5.74, 6) is 2.63. The lowest BCUT2D eigenvalue weighted by Gasteiger charge is -2.26. The van der Waals surface area contributed by atoms with Crippen molar-refractivity contribution in [2.45, 2.75) is 6.92 Å². The van der Waals surface area contributed by atoms with Crippen LogP contribution in [0.3, 0.4) is 0 Å². The van der Waals surface area contributed by atoms with E-state index >= 15 is 0 Å². The Bertz CT molecular complexity index is 641. The first-order valence-electron chi connectivity index (χ1n) is 6.87. The molecule has 2 aromatic heterocycles. The van der Waals surface area contributed by atoms with Gasteiger partial charge in [-0.2, -0.15) is 11.8 Å². The second-order valence-electron chi connectivity index (χ2n) is 4.84. The van der Waals surface area contributed by atoms with Crippen LogP contribution in [-0.2, 0) is 0 Å². The Kier molecular flexibility index (Phi) is 4.15. The van der Waals surface area contributed by atoms with Crippen molar-refractivity contribution < 1.29 is 4.79 Å². The summed E-state index contributed by atoms with van der Waals surface area (Å²) in [4.78, 5) is 27.2. The molecule has 1 fully saturated rings. The van der Waals surface area contributed by atoms with Crippen molar-refractivity contribution >= 4 is 17.7 Å². The van der Waals surface area contributed by atoms with E-state index in [-0.39, 0.29) is 5.91 Å². The summed E-state index contributed by atoms with van der Waals surface area (Å²) in [5, 5.41) is 0. The lowest BCUT2D eigenvalue weighted by atomic mass is 10.2. The molecule has 21 heavy (non-hydrogen) atoms. The molecule has 1 amide bonds. The molecule has 0 N–H and O–H groups in total. The maximum absolute atomic E-state index is 12.5. The molecule has 108 valence electrons. The Balaban J connectivity index is 1.86. The van der Waals surface area contributed by atoms with E-state index in [4.69, 9.17) is 0 Å². The normalized spacial score (nSPS) is 15.0. The number of hydrogen-bond acceptors (Lipinski definition) is 5. The lowest BCUT2D eigenvalue weighted by molar-refractivity contribution is 0.0770. The number of aryl methyl sites for hydroxylation is 1. The average Bonchev–Trinajstić information content (AvgIpc) is 2.56. The molecule has 2 aromatic rings. The molecule has 3 rings (SSSR count). The van der Waals surface area contributed by atoms with Crippen LogP contribution in [0.1, 0.15) is 16.1 Å². The van der Waals surface area contributed by atoms with Gasteiger partial charge in [0.2, 0.25) is 0 Å². The minimum absolute atomic E-state index is 0.0329. The molecule has 0 aliphatic carbocycles. The summed E-state index contributed by atoms with van der Waals surface area (Å²) in [7, 11) is 0. The molecule has 0 unspecified atom stereocenters. The Morgan fingerprint density at radius 1 is 1.29 bits per heavy atom. The van der Waals surface area contributed by atoms with E-state index in [9.17, 15) is 4.79 Å². The molecule has 0 atom stereocenters. The molecule has 0 aromatic carbocycles. The number of thioether (sulfide) groups is 1. The highest BCUT2D eigenvalue weighted by atomic mass is 32.2. The number of carbonyl (C=O) groups is 1. The number of pyridine rings is 1. The average molecular weight is 300 g/mol. The third-order valence-corrected chi connectivity index (χ3v) is 4.37. The van der Waals surface area contributed by atoms with E-state index in [1.807, 2.05) is 35.7 Å². The number of rotatable bonds is 2. The van der Waals surface area contributed by atoms with Crippen LogP contribution >= 0.6 is 11.8 Å². The van der Waals surface area contributed by atoms with E-state index in [1.54, 1.807) is 18.6 Å². The number of carbonyl (C=O) groups excluding carboxylic acids is 1. The van der Waals surface area contributed by atoms with Gasteiger partial charge in [-0.1, -0.05) is 0 Å². The predicted molar refractivity (Wildman–Crippen MR) is 83.2 cm³/mol. The molecular weight excluding hydrogens is 284 g/mol. The zero-order valence-corrected chi connectivity index (χ0v) is 12.6. The molecule has 0 radical (unpaired) electrons. The van der Waals surface area contributed by atoms with E-state index in [2.05, 4.69) is 15.0 Å². The summed E-state index contributed by atoms with van der Waals surface area (Å²) in [6.45, 7) is 3.45. The van der Waals surface area contributed by atoms with Crippen LogP contribution in [-0.4, -0.2) is 50.4 Å². The molecule has 1 aliphatic heterocycles. The molecule has 5 nitrogen and oxygen atoms in total. The van der Waals surface area contributed by atoms with Crippen LogP contribution in [0.15, 0.2) is 30.7 Å². The van der Waals surface area contributed by atoms with Gasteiger partial charge in [0, 0.05) is 48.7 Å². The Hall–Kier alpha value is -1.95. The summed E-state index contributed by atoms with van der Waals surface area (Å²) in [6.07, 6.45) is 5.06. The van der Waals surface area contributed by atoms with E-state index in [0.29, 0.717) is 17.1 Å². The first-order valence-corrected chi connectivity index (χ1v) is 8.02. The van der Waals surface area contributed by atoms with Crippen molar-refractivity contribution in [3.63, 3.8) is 0 Å². The van der Waals surface area contributed by atoms with Gasteiger partial charge in [0.1, 0.15) is 0 Å². The quantitative estimate of drug-likeness (QED) is 0.849. The maximum Gasteiger partial charge on any atom is 0.257 e. The zero-order valence-electron chi connectivity index (χ0n) is 11.8. The number of nitrogens with zero attached hydrogens (tertiary/aromatic N) is 4. The fourth-order valence-corrected chi connectivity index (χ4v) is 3.15. The van der Waals surface area contributed by atoms with Crippen molar-refractivity contribution in [2.75, 3.05) is 24.6 Å². The number of aromatic nitrogens is 3. The van der Waals surface area contributed by atoms with Crippen molar-refractivity contribution in [2.24, 2.45) is 0 Å². The molecule has 1 aliphatic rings. The van der Waals surface area contributed by atoms with Crippen molar-refractivity contribution in [3.05, 3.63) is 42.0 Å². The Labute approximate surface area is 127 Å². The van der Waals surface area contributed by atoms with Gasteiger partial charge in [-0.05, 0) is 19.1 Å². The van der Waals surface area contributed by atoms with Crippen LogP contribution in [0.2, 0.25) is 0 Å². The lowest BCUT2D eigenvalue weighted by Crippen LogP contribution is -2.38. The first-order chi connectivity index (χ1) is 10.3. The third-order valence-electron chi connectivity index (χ3n) is 3.43. The SMILES string of the molecule is Cc1nc(-c2cccnc2)ncc1C(=O)N1CCSCC1. The van der Waals surface area contributed by atoms with Crippen LogP contribution in [0.25, 0.3) is 11.4 Å². The summed E-state index contributed by atoms with van der Waals surface area (Å²) in [6, 6.07) is 3.75. The third kappa shape index (κ3) is 3.05. The summed E-state index contributed by atoms with van der Waals surface area (Å²) in [5.41, 5.74) is 2.16. The second-order valence-corrected chi connectivity index (χ2v) is 6.06. The van der Waals surface area contributed by atoms with E-state index in [1.165, 1.54) is 0 Å². The van der Waals surface area contributed by atoms with Gasteiger partial charge in [0.25, 0.3) is 5.91 Å². The van der Waals surface area contributed by atoms with Gasteiger partial charge in [0.15, 0.2) is 5.82 Å². The zero-order chi connectivity index (χ0) is 14.7.